The largest absolute Gasteiger partial charge is 0.268 e. The highest BCUT2D eigenvalue weighted by Gasteiger charge is 2.31. The van der Waals surface area contributed by atoms with Gasteiger partial charge in [-0.05, 0) is 47.5 Å². The van der Waals surface area contributed by atoms with Crippen molar-refractivity contribution in [1.29, 1.82) is 0 Å². The Bertz CT molecular complexity index is 324. The van der Waals surface area contributed by atoms with Crippen LogP contribution in [0.5, 0.6) is 0 Å². The van der Waals surface area contributed by atoms with Crippen molar-refractivity contribution in [2.45, 2.75) is 38.1 Å². The van der Waals surface area contributed by atoms with Crippen LogP contribution in [0.2, 0.25) is 0 Å². The van der Waals surface area contributed by atoms with E-state index in [-0.39, 0.29) is 0 Å². The Morgan fingerprint density at radius 2 is 2.15 bits per heavy atom. The van der Waals surface area contributed by atoms with E-state index in [1.807, 2.05) is 6.20 Å². The molecule has 0 saturated heterocycles. The van der Waals surface area contributed by atoms with Crippen LogP contribution in [-0.2, 0) is 6.54 Å². The van der Waals surface area contributed by atoms with Gasteiger partial charge in [-0.3, -0.25) is 4.68 Å². The molecule has 1 aromatic rings. The first kappa shape index (κ1) is 8.04. The van der Waals surface area contributed by atoms with Crippen molar-refractivity contribution < 1.29 is 0 Å². The highest BCUT2D eigenvalue weighted by molar-refractivity contribution is 9.10. The molecule has 0 unspecified atom stereocenters. The van der Waals surface area contributed by atoms with Gasteiger partial charge in [0.15, 0.2) is 0 Å². The second kappa shape index (κ2) is 2.84. The molecule has 2 aliphatic rings. The van der Waals surface area contributed by atoms with E-state index in [0.717, 1.165) is 18.4 Å². The van der Waals surface area contributed by atoms with Gasteiger partial charge in [0.2, 0.25) is 0 Å². The first-order valence-corrected chi connectivity index (χ1v) is 5.85. The molecule has 0 bridgehead atoms. The van der Waals surface area contributed by atoms with Crippen LogP contribution < -0.4 is 0 Å². The van der Waals surface area contributed by atoms with Crippen molar-refractivity contribution in [2.75, 3.05) is 0 Å². The van der Waals surface area contributed by atoms with Crippen LogP contribution in [0.1, 0.15) is 37.3 Å². The summed E-state index contributed by atoms with van der Waals surface area (Å²) in [6.45, 7) is 1.15. The van der Waals surface area contributed by atoms with Gasteiger partial charge in [0, 0.05) is 12.5 Å². The molecule has 0 radical (unpaired) electrons. The van der Waals surface area contributed by atoms with E-state index in [9.17, 15) is 0 Å². The normalized spacial score (nSPS) is 22.2. The van der Waals surface area contributed by atoms with Gasteiger partial charge in [-0.2, -0.15) is 5.10 Å². The van der Waals surface area contributed by atoms with Crippen LogP contribution in [0.25, 0.3) is 0 Å². The molecule has 3 heteroatoms. The number of halogens is 1. The molecule has 3 rings (SSSR count). The number of hydrogen-bond acceptors (Lipinski definition) is 1. The maximum Gasteiger partial charge on any atom is 0.0635 e. The molecule has 2 nitrogen and oxygen atoms in total. The summed E-state index contributed by atoms with van der Waals surface area (Å²) in [5.74, 6) is 1.72. The Morgan fingerprint density at radius 3 is 2.77 bits per heavy atom. The van der Waals surface area contributed by atoms with Gasteiger partial charge < -0.3 is 0 Å². The smallest absolute Gasteiger partial charge is 0.0635 e. The van der Waals surface area contributed by atoms with Gasteiger partial charge in [-0.15, -0.1) is 0 Å². The van der Waals surface area contributed by atoms with Crippen LogP contribution in [-0.4, -0.2) is 9.78 Å². The molecule has 0 atom stereocenters. The Hall–Kier alpha value is -0.310. The third kappa shape index (κ3) is 1.54. The number of aromatic nitrogens is 2. The van der Waals surface area contributed by atoms with Gasteiger partial charge in [0.05, 0.1) is 16.4 Å². The molecule has 2 saturated carbocycles. The van der Waals surface area contributed by atoms with Crippen LogP contribution in [0, 0.1) is 5.92 Å². The third-order valence-corrected chi connectivity index (χ3v) is 3.54. The van der Waals surface area contributed by atoms with Crippen molar-refractivity contribution in [2.24, 2.45) is 5.92 Å². The fourth-order valence-electron chi connectivity index (χ4n) is 1.83. The predicted molar refractivity (Wildman–Crippen MR) is 54.6 cm³/mol. The molecular weight excluding hydrogens is 228 g/mol. The summed E-state index contributed by atoms with van der Waals surface area (Å²) in [6.07, 6.45) is 7.48. The minimum Gasteiger partial charge on any atom is -0.268 e. The zero-order chi connectivity index (χ0) is 8.84. The zero-order valence-electron chi connectivity index (χ0n) is 7.54. The summed E-state index contributed by atoms with van der Waals surface area (Å²) in [7, 11) is 0. The Balaban J connectivity index is 1.88. The second-order valence-electron chi connectivity index (χ2n) is 4.28. The topological polar surface area (TPSA) is 17.8 Å². The average Bonchev–Trinajstić information content (AvgIpc) is 2.95. The van der Waals surface area contributed by atoms with Crippen molar-refractivity contribution in [3.63, 3.8) is 0 Å². The minimum absolute atomic E-state index is 0.802. The van der Waals surface area contributed by atoms with Crippen LogP contribution in [0.4, 0.5) is 0 Å². The van der Waals surface area contributed by atoms with Crippen molar-refractivity contribution in [1.82, 2.24) is 9.78 Å². The Morgan fingerprint density at radius 1 is 1.38 bits per heavy atom. The van der Waals surface area contributed by atoms with Gasteiger partial charge in [0.1, 0.15) is 0 Å². The van der Waals surface area contributed by atoms with Crippen molar-refractivity contribution in [3.8, 4) is 0 Å². The van der Waals surface area contributed by atoms with Crippen molar-refractivity contribution >= 4 is 15.9 Å². The van der Waals surface area contributed by atoms with Crippen LogP contribution >= 0.6 is 15.9 Å². The zero-order valence-corrected chi connectivity index (χ0v) is 9.13. The van der Waals surface area contributed by atoms with Crippen molar-refractivity contribution in [3.05, 3.63) is 16.4 Å². The third-order valence-electron chi connectivity index (χ3n) is 2.93. The van der Waals surface area contributed by atoms with Gasteiger partial charge >= 0.3 is 0 Å². The standard InChI is InChI=1S/C10H13BrN2/c11-9-5-12-13(6-7-1-2-7)10(9)8-3-4-8/h5,7-8H,1-4,6H2. The van der Waals surface area contributed by atoms with E-state index in [0.29, 0.717) is 0 Å². The lowest BCUT2D eigenvalue weighted by atomic mass is 10.3. The predicted octanol–water partition coefficient (Wildman–Crippen LogP) is 2.93. The maximum absolute atomic E-state index is 4.43. The van der Waals surface area contributed by atoms with E-state index in [2.05, 4.69) is 25.7 Å². The van der Waals surface area contributed by atoms with Crippen LogP contribution in [0.15, 0.2) is 10.7 Å². The van der Waals surface area contributed by atoms with Gasteiger partial charge in [0.25, 0.3) is 0 Å². The molecule has 70 valence electrons. The van der Waals surface area contributed by atoms with Crippen LogP contribution in [0.3, 0.4) is 0 Å². The number of rotatable bonds is 3. The molecule has 0 aliphatic heterocycles. The van der Waals surface area contributed by atoms with E-state index >= 15 is 0 Å². The summed E-state index contributed by atoms with van der Waals surface area (Å²) in [5, 5.41) is 4.43. The molecule has 0 aromatic carbocycles. The Labute approximate surface area is 86.4 Å². The van der Waals surface area contributed by atoms with E-state index in [1.165, 1.54) is 35.8 Å². The van der Waals surface area contributed by atoms with Gasteiger partial charge in [-0.25, -0.2) is 0 Å². The summed E-state index contributed by atoms with van der Waals surface area (Å²) in [5.41, 5.74) is 1.45. The number of nitrogens with zero attached hydrogens (tertiary/aromatic N) is 2. The monoisotopic (exact) mass is 240 g/mol. The van der Waals surface area contributed by atoms with E-state index in [1.54, 1.807) is 0 Å². The lowest BCUT2D eigenvalue weighted by Gasteiger charge is -2.05. The first-order chi connectivity index (χ1) is 6.34. The summed E-state index contributed by atoms with van der Waals surface area (Å²) in [6, 6.07) is 0. The molecule has 2 fully saturated rings. The Kier molecular flexibility index (Phi) is 1.76. The molecule has 1 aromatic heterocycles. The molecule has 0 N–H and O–H groups in total. The van der Waals surface area contributed by atoms with E-state index < -0.39 is 0 Å². The molecule has 2 aliphatic carbocycles. The second-order valence-corrected chi connectivity index (χ2v) is 5.13. The summed E-state index contributed by atoms with van der Waals surface area (Å²) < 4.78 is 3.44. The molecular formula is C10H13BrN2. The van der Waals surface area contributed by atoms with E-state index in [4.69, 9.17) is 0 Å². The molecule has 13 heavy (non-hydrogen) atoms. The highest BCUT2D eigenvalue weighted by atomic mass is 79.9. The first-order valence-electron chi connectivity index (χ1n) is 5.06. The summed E-state index contributed by atoms with van der Waals surface area (Å²) in [4.78, 5) is 0. The van der Waals surface area contributed by atoms with Gasteiger partial charge in [-0.1, -0.05) is 0 Å². The highest BCUT2D eigenvalue weighted by Crippen LogP contribution is 2.44. The molecule has 1 heterocycles. The SMILES string of the molecule is Brc1cnn(CC2CC2)c1C1CC1. The number of hydrogen-bond donors (Lipinski definition) is 0. The average molecular weight is 241 g/mol. The lowest BCUT2D eigenvalue weighted by molar-refractivity contribution is 0.539. The fraction of sp³-hybridized carbons (Fsp3) is 0.700. The summed E-state index contributed by atoms with van der Waals surface area (Å²) >= 11 is 3.58. The minimum atomic E-state index is 0.802. The molecule has 0 spiro atoms. The molecule has 0 amide bonds. The fourth-order valence-corrected chi connectivity index (χ4v) is 2.45. The lowest BCUT2D eigenvalue weighted by Crippen LogP contribution is -2.05. The quantitative estimate of drug-likeness (QED) is 0.795. The maximum atomic E-state index is 4.43.